The van der Waals surface area contributed by atoms with Crippen LogP contribution >= 0.6 is 11.8 Å². The van der Waals surface area contributed by atoms with Gasteiger partial charge in [0.1, 0.15) is 89.6 Å². The van der Waals surface area contributed by atoms with Crippen LogP contribution in [0.5, 0.6) is 5.75 Å². The van der Waals surface area contributed by atoms with Gasteiger partial charge < -0.3 is 106 Å². The van der Waals surface area contributed by atoms with Crippen LogP contribution in [-0.2, 0) is 141 Å². The summed E-state index contributed by atoms with van der Waals surface area (Å²) in [6.07, 6.45) is 7.67. The first-order valence-corrected chi connectivity index (χ1v) is 44.3. The molecule has 39 heteroatoms. The molecule has 140 heavy (non-hydrogen) atoms. The average Bonchev–Trinajstić information content (AvgIpc) is 0.869. The molecule has 0 fully saturated rings. The van der Waals surface area contributed by atoms with Gasteiger partial charge in [-0.05, 0) is 216 Å². The van der Waals surface area contributed by atoms with E-state index in [2.05, 4.69) is 15.3 Å². The van der Waals surface area contributed by atoms with E-state index in [0.717, 1.165) is 84.5 Å². The molecule has 2 amide bonds. The number of benzene rings is 8. The molecule has 0 saturated carbocycles. The Kier molecular flexibility index (Phi) is 59.3. The Bertz CT molecular complexity index is 5130. The van der Waals surface area contributed by atoms with E-state index in [1.807, 2.05) is 84.9 Å². The van der Waals surface area contributed by atoms with Gasteiger partial charge in [0.25, 0.3) is 5.91 Å². The summed E-state index contributed by atoms with van der Waals surface area (Å²) in [7, 11) is 0. The lowest BCUT2D eigenvalue weighted by Crippen LogP contribution is -2.32. The number of nitrogens with zero attached hydrogens (tertiary/aromatic N) is 2. The highest BCUT2D eigenvalue weighted by molar-refractivity contribution is 8.00. The van der Waals surface area contributed by atoms with Crippen molar-refractivity contribution in [3.63, 3.8) is 0 Å². The standard InChI is InChI=1S/C13H16N2O4.C13H16N2O3.C13H15NO4.2C13H17NO3.C12H14N2O3.C12H15NO4.C12H15NO3S/c1-8(16)7-15-12(17)10-4-2-9(3-5-10)6-11(14)13(18)19;1-9(16)7-15-8-11-4-2-10(3-5-11)6-12(14)13(17)18;1-8(15)6-12(16)10-4-2-9(3-5-10)7-11(14)13(17)18;2*1-9(15)2-3-10-4-6-11(7-5-10)8-12(14)13(16)17;1-8(15)14-7-10-4-2-9(3-5-10)6-11(13)12(16)17;2*1-8(14)7-17-10-4-2-9(3-5-10)6-11(13)12(15)16/h2-5,11H,6-7,14H2,1H3,(H,15,17)(H,18,19);2-5,8,12H,6-7,14H2,1H3,(H,17,18);2-5,11H,6-7,14H2,1H3,(H,17,18);2*4-7,12H,2-3,8,14H2,1H3,(H,16,17);2-5,7,11H,6,13H2,1H3,(H,16,17);2*2-5,11H,6-7,13H2,1H3,(H,15,16). The molecular formula is C101H125N11O27S. The van der Waals surface area contributed by atoms with Crippen molar-refractivity contribution in [1.29, 1.82) is 0 Å². The van der Waals surface area contributed by atoms with Gasteiger partial charge in [0, 0.05) is 48.2 Å². The van der Waals surface area contributed by atoms with Crippen molar-refractivity contribution in [2.45, 2.75) is 192 Å². The fourth-order valence-electron chi connectivity index (χ4n) is 11.0. The summed E-state index contributed by atoms with van der Waals surface area (Å²) in [4.78, 5) is 202. The van der Waals surface area contributed by atoms with E-state index in [9.17, 15) is 86.3 Å². The highest BCUT2D eigenvalue weighted by atomic mass is 32.2. The zero-order valence-electron chi connectivity index (χ0n) is 79.0. The van der Waals surface area contributed by atoms with Crippen LogP contribution in [-0.4, -0.2) is 233 Å². The van der Waals surface area contributed by atoms with E-state index in [1.54, 1.807) is 136 Å². The predicted molar refractivity (Wildman–Crippen MR) is 526 cm³/mol. The van der Waals surface area contributed by atoms with E-state index < -0.39 is 96.1 Å². The fraction of sp³-hybridized carbons (Fsp3) is 0.327. The summed E-state index contributed by atoms with van der Waals surface area (Å²) < 4.78 is 5.18. The lowest BCUT2D eigenvalue weighted by atomic mass is 10.0. The number of amides is 2. The van der Waals surface area contributed by atoms with Gasteiger partial charge in [0.15, 0.2) is 17.3 Å². The lowest BCUT2D eigenvalue weighted by Gasteiger charge is -2.08. The number of carbonyl (C=O) groups is 18. The summed E-state index contributed by atoms with van der Waals surface area (Å²) in [5.74, 6) is -7.88. The van der Waals surface area contributed by atoms with Crippen LogP contribution in [0.15, 0.2) is 209 Å². The number of carboxylic acids is 8. The Morgan fingerprint density at radius 2 is 0.586 bits per heavy atom. The predicted octanol–water partition coefficient (Wildman–Crippen LogP) is 6.27. The van der Waals surface area contributed by atoms with Crippen molar-refractivity contribution in [2.75, 3.05) is 25.4 Å². The van der Waals surface area contributed by atoms with Crippen LogP contribution in [0.2, 0.25) is 0 Å². The number of hydrogen-bond acceptors (Lipinski definition) is 29. The SMILES string of the molecule is CC(=O)CC(=O)c1ccc(CC(N)C(=O)O)cc1.CC(=O)CCc1ccc(CC(N)C(=O)O)cc1.CC(=O)CCc1ccc(CC(N)C(=O)O)cc1.CC(=O)CN=Cc1ccc(CC(N)C(=O)O)cc1.CC(=O)CNC(=O)c1ccc(CC(N)C(=O)O)cc1.CC(=O)COc1ccc(CC(N)C(=O)O)cc1.CC(=O)CSc1ccc(CC(N)C(=O)O)cc1.CC(=O)N=Cc1ccc(CC(N)C(=O)O)cc1. The molecule has 8 rings (SSSR count). The number of aliphatic imine (C=N–C) groups is 2. The quantitative estimate of drug-likeness (QED) is 0.00864. The van der Waals surface area contributed by atoms with Crippen LogP contribution in [0.4, 0.5) is 0 Å². The van der Waals surface area contributed by atoms with Gasteiger partial charge in [-0.3, -0.25) is 81.7 Å². The van der Waals surface area contributed by atoms with Gasteiger partial charge in [-0.25, -0.2) is 4.99 Å². The van der Waals surface area contributed by atoms with Crippen molar-refractivity contribution < 1.29 is 132 Å². The van der Waals surface area contributed by atoms with Crippen LogP contribution in [0.25, 0.3) is 0 Å². The average molecular weight is 1960 g/mol. The summed E-state index contributed by atoms with van der Waals surface area (Å²) >= 11 is 1.47. The summed E-state index contributed by atoms with van der Waals surface area (Å²) in [6.45, 7) is 11.9. The van der Waals surface area contributed by atoms with Gasteiger partial charge in [0.2, 0.25) is 5.91 Å². The van der Waals surface area contributed by atoms with E-state index >= 15 is 0 Å². The number of ketones is 8. The molecule has 0 heterocycles. The molecule has 0 aliphatic carbocycles. The first kappa shape index (κ1) is 123. The first-order chi connectivity index (χ1) is 65.7. The first-order valence-electron chi connectivity index (χ1n) is 43.4. The van der Waals surface area contributed by atoms with Gasteiger partial charge >= 0.3 is 47.8 Å². The number of aliphatic carboxylic acids is 8. The molecule has 0 aliphatic rings. The van der Waals surface area contributed by atoms with Crippen LogP contribution in [0.1, 0.15) is 162 Å². The number of nitrogens with one attached hydrogen (secondary N) is 1. The molecular weight excluding hydrogens is 1830 g/mol. The van der Waals surface area contributed by atoms with Crippen LogP contribution in [0, 0.1) is 0 Å². The number of ether oxygens (including phenoxy) is 1. The maximum absolute atomic E-state index is 11.6. The number of thioether (sulfide) groups is 1. The zero-order chi connectivity index (χ0) is 106. The minimum absolute atomic E-state index is 0.00945. The van der Waals surface area contributed by atoms with Crippen molar-refractivity contribution in [3.05, 3.63) is 272 Å². The minimum atomic E-state index is -1.07. The lowest BCUT2D eigenvalue weighted by molar-refractivity contribution is -0.139. The Morgan fingerprint density at radius 1 is 0.314 bits per heavy atom. The molecule has 8 aromatic rings. The highest BCUT2D eigenvalue weighted by Crippen LogP contribution is 2.21. The van der Waals surface area contributed by atoms with Crippen LogP contribution < -0.4 is 55.9 Å². The molecule has 0 bridgehead atoms. The molecule has 0 spiro atoms. The van der Waals surface area contributed by atoms with Crippen molar-refractivity contribution >= 4 is 130 Å². The van der Waals surface area contributed by atoms with Crippen molar-refractivity contribution in [2.24, 2.45) is 55.9 Å². The Morgan fingerprint density at radius 3 is 0.850 bits per heavy atom. The zero-order valence-corrected chi connectivity index (χ0v) is 79.8. The molecule has 0 radical (unpaired) electrons. The second kappa shape index (κ2) is 67.4. The molecule has 25 N–H and O–H groups in total. The molecule has 8 atom stereocenters. The number of nitrogens with two attached hydrogens (primary N) is 8. The van der Waals surface area contributed by atoms with Crippen molar-refractivity contribution in [3.8, 4) is 5.75 Å². The number of aryl methyl sites for hydroxylation is 2. The topological polar surface area (TPSA) is 723 Å². The smallest absolute Gasteiger partial charge is 0.320 e. The van der Waals surface area contributed by atoms with Gasteiger partial charge in [-0.1, -0.05) is 158 Å². The minimum Gasteiger partial charge on any atom is -0.486 e. The summed E-state index contributed by atoms with van der Waals surface area (Å²) in [5.41, 5.74) is 54.7. The molecule has 38 nitrogen and oxygen atoms in total. The van der Waals surface area contributed by atoms with E-state index in [0.29, 0.717) is 61.2 Å². The largest absolute Gasteiger partial charge is 0.486 e. The Labute approximate surface area is 814 Å². The number of carboxylic acid groups (broad SMARTS) is 8. The third-order valence-electron chi connectivity index (χ3n) is 18.8. The summed E-state index contributed by atoms with van der Waals surface area (Å²) in [5, 5.41) is 71.9. The molecule has 0 saturated heterocycles. The fourth-order valence-corrected chi connectivity index (χ4v) is 11.7. The number of carbonyl (C=O) groups excluding carboxylic acids is 10. The normalized spacial score (nSPS) is 12.1. The van der Waals surface area contributed by atoms with E-state index in [4.69, 9.17) is 91.5 Å². The maximum atomic E-state index is 11.6. The van der Waals surface area contributed by atoms with Gasteiger partial charge in [-0.15, -0.1) is 11.8 Å². The third-order valence-corrected chi connectivity index (χ3v) is 20.0. The Hall–Kier alpha value is -14.8. The van der Waals surface area contributed by atoms with Crippen molar-refractivity contribution in [1.82, 2.24) is 5.32 Å². The van der Waals surface area contributed by atoms with E-state index in [1.165, 1.54) is 52.6 Å². The molecule has 0 aliphatic heterocycles. The second-order valence-electron chi connectivity index (χ2n) is 32.0. The number of rotatable bonds is 46. The number of Topliss-reactive ketones (excluding diaryl/α,β-unsaturated/α-hetero) is 8. The maximum Gasteiger partial charge on any atom is 0.320 e. The van der Waals surface area contributed by atoms with E-state index in [-0.39, 0.29) is 110 Å². The monoisotopic (exact) mass is 1960 g/mol. The molecule has 0 aromatic heterocycles. The molecule has 8 unspecified atom stereocenters. The highest BCUT2D eigenvalue weighted by Gasteiger charge is 2.20. The Balaban J connectivity index is 0.000000800. The second-order valence-corrected chi connectivity index (χ2v) is 33.1. The van der Waals surface area contributed by atoms with Crippen LogP contribution in [0.3, 0.4) is 0 Å². The third kappa shape index (κ3) is 58.6. The number of hydrogen-bond donors (Lipinski definition) is 17. The molecule has 752 valence electrons. The summed E-state index contributed by atoms with van der Waals surface area (Å²) in [6, 6.07) is 49.3. The van der Waals surface area contributed by atoms with Gasteiger partial charge in [-0.2, -0.15) is 0 Å². The molecule has 8 aromatic carbocycles. The van der Waals surface area contributed by atoms with Gasteiger partial charge in [0.05, 0.1) is 25.3 Å².